The third kappa shape index (κ3) is 5.13. The van der Waals surface area contributed by atoms with Crippen LogP contribution < -0.4 is 20.1 Å². The fourth-order valence-corrected chi connectivity index (χ4v) is 5.10. The molecule has 3 aliphatic rings. The van der Waals surface area contributed by atoms with E-state index >= 15 is 0 Å². The van der Waals surface area contributed by atoms with Crippen LogP contribution >= 0.6 is 0 Å². The van der Waals surface area contributed by atoms with E-state index < -0.39 is 6.10 Å². The van der Waals surface area contributed by atoms with Gasteiger partial charge >= 0.3 is 0 Å². The number of rotatable bonds is 8. The normalized spacial score (nSPS) is 25.0. The number of carbonyl (C=O) groups is 2. The van der Waals surface area contributed by atoms with Crippen LogP contribution in [0.2, 0.25) is 0 Å². The predicted octanol–water partition coefficient (Wildman–Crippen LogP) is 3.13. The highest BCUT2D eigenvalue weighted by atomic mass is 16.6. The van der Waals surface area contributed by atoms with Gasteiger partial charge in [-0.2, -0.15) is 0 Å². The van der Waals surface area contributed by atoms with Gasteiger partial charge in [-0.25, -0.2) is 0 Å². The highest BCUT2D eigenvalue weighted by Gasteiger charge is 2.46. The molecule has 2 heterocycles. The summed E-state index contributed by atoms with van der Waals surface area (Å²) in [6, 6.07) is 13.2. The zero-order valence-corrected chi connectivity index (χ0v) is 19.9. The molecular formula is C27H32N2O6. The lowest BCUT2D eigenvalue weighted by atomic mass is 9.83. The maximum absolute atomic E-state index is 12.7. The van der Waals surface area contributed by atoms with Crippen molar-refractivity contribution in [2.75, 3.05) is 19.0 Å². The summed E-state index contributed by atoms with van der Waals surface area (Å²) in [7, 11) is 1.62. The van der Waals surface area contributed by atoms with Gasteiger partial charge in [0.25, 0.3) is 0 Å². The van der Waals surface area contributed by atoms with E-state index in [-0.39, 0.29) is 48.9 Å². The minimum absolute atomic E-state index is 0.0177. The van der Waals surface area contributed by atoms with Gasteiger partial charge in [0.2, 0.25) is 11.8 Å². The maximum Gasteiger partial charge on any atom is 0.227 e. The molecule has 0 bridgehead atoms. The van der Waals surface area contributed by atoms with Crippen molar-refractivity contribution in [2.24, 2.45) is 5.92 Å². The van der Waals surface area contributed by atoms with Crippen LogP contribution in [0.4, 0.5) is 5.69 Å². The molecule has 4 atom stereocenters. The fourth-order valence-electron chi connectivity index (χ4n) is 5.10. The molecule has 0 spiro atoms. The van der Waals surface area contributed by atoms with E-state index in [1.54, 1.807) is 7.11 Å². The standard InChI is InChI=1S/C27H32N2O6/c1-33-19-8-5-16(6-9-19)14-28-25(31)13-20-12-22-21-11-18(29-27(32)17-3-2-4-17)7-10-23(21)35-26(22)24(15-30)34-20/h5-11,17,20,22,24,26,30H,2-4,12-15H2,1H3,(H,28,31)(H,29,32)/t20-,22-,24+,26+/m1/s1. The Morgan fingerprint density at radius 3 is 2.63 bits per heavy atom. The van der Waals surface area contributed by atoms with E-state index in [1.165, 1.54) is 0 Å². The molecule has 2 fully saturated rings. The van der Waals surface area contributed by atoms with Gasteiger partial charge in [0, 0.05) is 29.6 Å². The molecule has 8 heteroatoms. The van der Waals surface area contributed by atoms with Gasteiger partial charge in [-0.15, -0.1) is 0 Å². The lowest BCUT2D eigenvalue weighted by Gasteiger charge is -2.37. The summed E-state index contributed by atoms with van der Waals surface area (Å²) in [6.07, 6.45) is 2.63. The SMILES string of the molecule is COc1ccc(CNC(=O)C[C@H]2C[C@@H]3c4cc(NC(=O)C5CCC5)ccc4O[C@@H]3[C@H](CO)O2)cc1. The summed E-state index contributed by atoms with van der Waals surface area (Å²) in [4.78, 5) is 25.1. The molecule has 2 amide bonds. The van der Waals surface area contributed by atoms with Gasteiger partial charge in [-0.05, 0) is 55.2 Å². The average molecular weight is 481 g/mol. The average Bonchev–Trinajstić information content (AvgIpc) is 3.19. The van der Waals surface area contributed by atoms with Crippen LogP contribution in [-0.2, 0) is 20.9 Å². The molecule has 2 aromatic rings. The number of amides is 2. The number of aliphatic hydroxyl groups is 1. The fraction of sp³-hybridized carbons (Fsp3) is 0.481. The molecule has 8 nitrogen and oxygen atoms in total. The minimum atomic E-state index is -0.520. The van der Waals surface area contributed by atoms with E-state index in [0.717, 1.165) is 47.6 Å². The summed E-state index contributed by atoms with van der Waals surface area (Å²) in [5, 5.41) is 15.9. The Morgan fingerprint density at radius 1 is 1.14 bits per heavy atom. The Bertz CT molecular complexity index is 1070. The summed E-state index contributed by atoms with van der Waals surface area (Å²) < 4.78 is 17.3. The quantitative estimate of drug-likeness (QED) is 0.536. The molecule has 35 heavy (non-hydrogen) atoms. The second-order valence-electron chi connectivity index (χ2n) is 9.60. The highest BCUT2D eigenvalue weighted by molar-refractivity contribution is 5.93. The van der Waals surface area contributed by atoms with Crippen molar-refractivity contribution in [3.05, 3.63) is 53.6 Å². The van der Waals surface area contributed by atoms with E-state index in [2.05, 4.69) is 10.6 Å². The van der Waals surface area contributed by atoms with Crippen LogP contribution in [0.1, 0.15) is 49.1 Å². The van der Waals surface area contributed by atoms with E-state index in [0.29, 0.717) is 13.0 Å². The third-order valence-electron chi connectivity index (χ3n) is 7.30. The Hall–Kier alpha value is -3.10. The molecule has 3 N–H and O–H groups in total. The number of methoxy groups -OCH3 is 1. The largest absolute Gasteiger partial charge is 0.497 e. The number of anilines is 1. The topological polar surface area (TPSA) is 106 Å². The van der Waals surface area contributed by atoms with Crippen LogP contribution in [0.5, 0.6) is 11.5 Å². The van der Waals surface area contributed by atoms with Crippen LogP contribution in [0.15, 0.2) is 42.5 Å². The smallest absolute Gasteiger partial charge is 0.227 e. The minimum Gasteiger partial charge on any atom is -0.497 e. The summed E-state index contributed by atoms with van der Waals surface area (Å²) in [5.41, 5.74) is 2.73. The second kappa shape index (κ2) is 10.3. The van der Waals surface area contributed by atoms with Crippen molar-refractivity contribution >= 4 is 17.5 Å². The molecule has 1 aliphatic carbocycles. The number of carbonyl (C=O) groups excluding carboxylic acids is 2. The molecule has 0 unspecified atom stereocenters. The van der Waals surface area contributed by atoms with Crippen LogP contribution in [0, 0.1) is 5.92 Å². The Balaban J connectivity index is 1.22. The second-order valence-corrected chi connectivity index (χ2v) is 9.60. The summed E-state index contributed by atoms with van der Waals surface area (Å²) >= 11 is 0. The Kier molecular flexibility index (Phi) is 6.92. The number of ether oxygens (including phenoxy) is 3. The number of benzene rings is 2. The van der Waals surface area contributed by atoms with E-state index in [4.69, 9.17) is 14.2 Å². The molecule has 0 radical (unpaired) electrons. The molecule has 0 aromatic heterocycles. The van der Waals surface area contributed by atoms with Crippen molar-refractivity contribution in [3.63, 3.8) is 0 Å². The predicted molar refractivity (Wildman–Crippen MR) is 129 cm³/mol. The van der Waals surface area contributed by atoms with Gasteiger partial charge in [0.1, 0.15) is 23.7 Å². The third-order valence-corrected chi connectivity index (χ3v) is 7.30. The Labute approximate surface area is 205 Å². The van der Waals surface area contributed by atoms with Crippen molar-refractivity contribution < 1.29 is 28.9 Å². The van der Waals surface area contributed by atoms with Gasteiger partial charge in [-0.1, -0.05) is 18.6 Å². The first-order valence-electron chi connectivity index (χ1n) is 12.3. The van der Waals surface area contributed by atoms with Crippen molar-refractivity contribution in [2.45, 2.75) is 62.9 Å². The molecule has 2 aliphatic heterocycles. The molecule has 5 rings (SSSR count). The maximum atomic E-state index is 12.7. The summed E-state index contributed by atoms with van der Waals surface area (Å²) in [6.45, 7) is 0.228. The zero-order chi connectivity index (χ0) is 24.4. The monoisotopic (exact) mass is 480 g/mol. The van der Waals surface area contributed by atoms with Gasteiger partial charge < -0.3 is 30.0 Å². The van der Waals surface area contributed by atoms with Crippen LogP contribution in [0.25, 0.3) is 0 Å². The number of hydrogen-bond donors (Lipinski definition) is 3. The van der Waals surface area contributed by atoms with Crippen molar-refractivity contribution in [1.29, 1.82) is 0 Å². The molecule has 1 saturated carbocycles. The lowest BCUT2D eigenvalue weighted by Crippen LogP contribution is -2.47. The number of hydrogen-bond acceptors (Lipinski definition) is 6. The molecule has 2 aromatic carbocycles. The number of aliphatic hydroxyl groups excluding tert-OH is 1. The van der Waals surface area contributed by atoms with E-state index in [1.807, 2.05) is 42.5 Å². The lowest BCUT2D eigenvalue weighted by molar-refractivity contribution is -0.142. The van der Waals surface area contributed by atoms with Crippen molar-refractivity contribution in [1.82, 2.24) is 5.32 Å². The molecule has 1 saturated heterocycles. The van der Waals surface area contributed by atoms with Crippen molar-refractivity contribution in [3.8, 4) is 11.5 Å². The Morgan fingerprint density at radius 2 is 1.94 bits per heavy atom. The van der Waals surface area contributed by atoms with E-state index in [9.17, 15) is 14.7 Å². The first-order valence-corrected chi connectivity index (χ1v) is 12.3. The van der Waals surface area contributed by atoms with Crippen LogP contribution in [0.3, 0.4) is 0 Å². The summed E-state index contributed by atoms with van der Waals surface area (Å²) in [5.74, 6) is 1.56. The first kappa shape index (κ1) is 23.6. The first-order chi connectivity index (χ1) is 17.0. The highest BCUT2D eigenvalue weighted by Crippen LogP contribution is 2.47. The zero-order valence-electron chi connectivity index (χ0n) is 19.9. The van der Waals surface area contributed by atoms with Gasteiger partial charge in [0.05, 0.1) is 26.2 Å². The molecule has 186 valence electrons. The van der Waals surface area contributed by atoms with Gasteiger partial charge in [-0.3, -0.25) is 9.59 Å². The number of fused-ring (bicyclic) bond motifs is 3. The van der Waals surface area contributed by atoms with Crippen LogP contribution in [-0.4, -0.2) is 48.9 Å². The van der Waals surface area contributed by atoms with Gasteiger partial charge in [0.15, 0.2) is 0 Å². The number of nitrogens with one attached hydrogen (secondary N) is 2. The molecular weight excluding hydrogens is 448 g/mol.